The molecule has 2 saturated heterocycles. The van der Waals surface area contributed by atoms with E-state index in [1.54, 1.807) is 12.1 Å². The number of morpholine rings is 1. The number of rotatable bonds is 6. The summed E-state index contributed by atoms with van der Waals surface area (Å²) < 4.78 is 90.6. The van der Waals surface area contributed by atoms with Crippen molar-refractivity contribution in [2.24, 2.45) is 5.92 Å². The third kappa shape index (κ3) is 7.74. The maximum atomic E-state index is 15.1. The molecular weight excluding hydrogens is 814 g/mol. The predicted molar refractivity (Wildman–Crippen MR) is 207 cm³/mol. The highest BCUT2D eigenvalue weighted by atomic mass is 32.2. The van der Waals surface area contributed by atoms with Crippen LogP contribution in [0.2, 0.25) is 0 Å². The van der Waals surface area contributed by atoms with Gasteiger partial charge in [-0.3, -0.25) is 24.0 Å². The van der Waals surface area contributed by atoms with Gasteiger partial charge >= 0.3 is 12.3 Å². The normalized spacial score (nSPS) is 30.8. The molecule has 4 amide bonds. The predicted octanol–water partition coefficient (Wildman–Crippen LogP) is 3.79. The van der Waals surface area contributed by atoms with Crippen molar-refractivity contribution in [2.75, 3.05) is 40.0 Å². The van der Waals surface area contributed by atoms with Crippen LogP contribution in [0, 0.1) is 5.92 Å². The molecule has 1 unspecified atom stereocenters. The van der Waals surface area contributed by atoms with E-state index >= 15 is 13.2 Å². The Morgan fingerprint density at radius 3 is 2.48 bits per heavy atom. The van der Waals surface area contributed by atoms with Crippen LogP contribution in [0.4, 0.5) is 18.0 Å². The Morgan fingerprint density at radius 2 is 1.80 bits per heavy atom. The molecule has 20 heteroatoms. The Labute approximate surface area is 344 Å². The number of halogens is 3. The molecule has 0 radical (unpaired) electrons. The first-order valence-corrected chi connectivity index (χ1v) is 21.8. The molecule has 326 valence electrons. The molecule has 4 N–H and O–H groups in total. The average molecular weight is 863 g/mol. The summed E-state index contributed by atoms with van der Waals surface area (Å²) in [5, 5.41) is 15.2. The molecule has 1 aromatic carbocycles. The largest absolute Gasteiger partial charge is 0.497 e. The van der Waals surface area contributed by atoms with E-state index in [0.717, 1.165) is 4.90 Å². The van der Waals surface area contributed by atoms with E-state index in [4.69, 9.17) is 14.2 Å². The number of ether oxygens (including phenoxy) is 3. The minimum atomic E-state index is -5.00. The minimum absolute atomic E-state index is 0.00598. The third-order valence-electron chi connectivity index (χ3n) is 13.1. The van der Waals surface area contributed by atoms with Gasteiger partial charge in [0.15, 0.2) is 11.4 Å². The zero-order chi connectivity index (χ0) is 42.8. The highest BCUT2D eigenvalue weighted by Crippen LogP contribution is 2.54. The van der Waals surface area contributed by atoms with Crippen molar-refractivity contribution in [1.29, 1.82) is 0 Å². The second-order valence-electron chi connectivity index (χ2n) is 17.1. The summed E-state index contributed by atoms with van der Waals surface area (Å²) in [4.78, 5) is 62.6. The number of carbonyl (C=O) groups excluding carboxylic acids is 3. The summed E-state index contributed by atoms with van der Waals surface area (Å²) in [6, 6.07) is 1.01. The topological polar surface area (TPSA) is 206 Å². The van der Waals surface area contributed by atoms with Gasteiger partial charge in [0.1, 0.15) is 29.0 Å². The van der Waals surface area contributed by atoms with Crippen LogP contribution >= 0.6 is 0 Å². The highest BCUT2D eigenvalue weighted by molar-refractivity contribution is 7.91. The third-order valence-corrected chi connectivity index (χ3v) is 15.2. The molecule has 60 heavy (non-hydrogen) atoms. The van der Waals surface area contributed by atoms with Crippen LogP contribution in [0.15, 0.2) is 30.4 Å². The molecular formula is C40H49F3N6O10S. The lowest BCUT2D eigenvalue weighted by Gasteiger charge is -2.45. The molecule has 16 nitrogen and oxygen atoms in total. The van der Waals surface area contributed by atoms with E-state index in [1.807, 2.05) is 11.0 Å². The van der Waals surface area contributed by atoms with Crippen LogP contribution in [0.5, 0.6) is 11.5 Å². The second kappa shape index (κ2) is 15.3. The number of amides is 4. The van der Waals surface area contributed by atoms with Crippen molar-refractivity contribution in [1.82, 2.24) is 30.1 Å². The van der Waals surface area contributed by atoms with Gasteiger partial charge in [-0.05, 0) is 63.6 Å². The molecule has 2 aromatic rings. The lowest BCUT2D eigenvalue weighted by Crippen LogP contribution is -2.58. The van der Waals surface area contributed by atoms with Crippen molar-refractivity contribution >= 4 is 44.7 Å². The van der Waals surface area contributed by atoms with Gasteiger partial charge in [-0.25, -0.2) is 18.2 Å². The molecule has 2 aliphatic carbocycles. The number of carboxylic acid groups (broad SMARTS) is 1. The Kier molecular flexibility index (Phi) is 10.7. The minimum Gasteiger partial charge on any atom is -0.497 e. The summed E-state index contributed by atoms with van der Waals surface area (Å²) >= 11 is 0. The number of nitrogens with zero attached hydrogens (tertiary/aromatic N) is 3. The van der Waals surface area contributed by atoms with Crippen LogP contribution in [0.25, 0.3) is 10.9 Å². The number of fused-ring (bicyclic) bond motifs is 5. The Morgan fingerprint density at radius 1 is 1.07 bits per heavy atom. The van der Waals surface area contributed by atoms with Gasteiger partial charge in [0.2, 0.25) is 21.8 Å². The highest BCUT2D eigenvalue weighted by Gasteiger charge is 2.64. The van der Waals surface area contributed by atoms with Crippen molar-refractivity contribution in [3.05, 3.63) is 41.6 Å². The molecule has 0 bridgehead atoms. The maximum Gasteiger partial charge on any atom is 0.437 e. The fraction of sp³-hybridized carbons (Fsp3) is 0.625. The van der Waals surface area contributed by atoms with Gasteiger partial charge in [-0.2, -0.15) is 13.2 Å². The Balaban J connectivity index is 1.23. The van der Waals surface area contributed by atoms with Gasteiger partial charge in [0.25, 0.3) is 5.91 Å². The number of aromatic nitrogens is 1. The molecule has 6 atom stereocenters. The maximum absolute atomic E-state index is 15.1. The van der Waals surface area contributed by atoms with Crippen LogP contribution in [0.3, 0.4) is 0 Å². The number of methoxy groups -OCH3 is 1. The molecule has 8 rings (SSSR count). The van der Waals surface area contributed by atoms with Crippen LogP contribution in [-0.4, -0.2) is 120 Å². The smallest absolute Gasteiger partial charge is 0.437 e. The van der Waals surface area contributed by atoms with Crippen LogP contribution < -0.4 is 24.8 Å². The zero-order valence-corrected chi connectivity index (χ0v) is 34.1. The molecule has 1 spiro atoms. The number of sulfonamides is 1. The van der Waals surface area contributed by atoms with E-state index in [0.29, 0.717) is 76.0 Å². The molecule has 5 heterocycles. The first-order chi connectivity index (χ1) is 28.4. The van der Waals surface area contributed by atoms with Crippen molar-refractivity contribution in [3.63, 3.8) is 0 Å². The van der Waals surface area contributed by atoms with Gasteiger partial charge in [0.05, 0.1) is 37.1 Å². The Bertz CT molecular complexity index is 2230. The van der Waals surface area contributed by atoms with Gasteiger partial charge in [-0.1, -0.05) is 25.0 Å². The number of allylic oxidation sites excluding steroid dienone is 1. The lowest BCUT2D eigenvalue weighted by molar-refractivity contribution is -0.145. The molecule has 2 saturated carbocycles. The number of hydrogen-bond donors (Lipinski definition) is 4. The molecule has 4 fully saturated rings. The number of benzene rings is 1. The SMILES string of the molecule is COc1ccc2nc(C(F)(F)F)c3c(c2c1)C(N1CCOCC1)C[C@]1(C[C@H]2C(=O)N[C@]4(C(=O)NS(=O)(=O)C5(C)CC5)C[C@H]4C=CCCCCC[C@H](NC(=O)O)C(=O)N2C1)O3. The number of hydrogen-bond acceptors (Lipinski definition) is 11. The van der Waals surface area contributed by atoms with Crippen molar-refractivity contribution < 1.29 is 60.1 Å². The fourth-order valence-electron chi connectivity index (χ4n) is 9.27. The summed E-state index contributed by atoms with van der Waals surface area (Å²) in [6.07, 6.45) is -0.0571. The number of nitrogens with one attached hydrogen (secondary N) is 3. The van der Waals surface area contributed by atoms with E-state index in [9.17, 15) is 32.7 Å². The van der Waals surface area contributed by atoms with E-state index in [2.05, 4.69) is 20.3 Å². The number of alkyl halides is 3. The lowest BCUT2D eigenvalue weighted by atomic mass is 9.82. The molecule has 4 aliphatic heterocycles. The first kappa shape index (κ1) is 42.0. The van der Waals surface area contributed by atoms with Crippen molar-refractivity contribution in [2.45, 2.75) is 111 Å². The summed E-state index contributed by atoms with van der Waals surface area (Å²) in [5.41, 5.74) is -4.37. The van der Waals surface area contributed by atoms with E-state index in [1.165, 1.54) is 26.2 Å². The number of pyridine rings is 1. The van der Waals surface area contributed by atoms with E-state index < -0.39 is 97.9 Å². The summed E-state index contributed by atoms with van der Waals surface area (Å²) in [6.45, 7) is 2.40. The molecule has 1 aromatic heterocycles. The van der Waals surface area contributed by atoms with Gasteiger partial charge in [0, 0.05) is 48.8 Å². The zero-order valence-electron chi connectivity index (χ0n) is 33.3. The first-order valence-electron chi connectivity index (χ1n) is 20.3. The molecule has 6 aliphatic rings. The second-order valence-corrected chi connectivity index (χ2v) is 19.3. The monoisotopic (exact) mass is 862 g/mol. The van der Waals surface area contributed by atoms with Crippen molar-refractivity contribution in [3.8, 4) is 11.5 Å². The van der Waals surface area contributed by atoms with Crippen LogP contribution in [-0.2, 0) is 35.3 Å². The number of carbonyl (C=O) groups is 4. The average Bonchev–Trinajstić information content (AvgIpc) is 4.10. The standard InChI is InChI=1S/C40H49F3N6O10S/c1-37(12-13-37)60(55,56)47-35(52)39-19-23(39)8-6-4-3-5-7-9-27(45-36(53)54)34(51)49-22-38(21-29(49)33(50)46-39)20-28(48-14-16-58-17-15-48)30-25-18-24(57-2)10-11-26(25)44-32(31(30)59-38)40(41,42)43/h6,8,10-11,18,23,27-29,45H,3-5,7,9,12-17,19-22H2,1-2H3,(H,46,50)(H,47,52)(H,53,54)/t23-,27+,28?,29+,38-,39-/m1/s1. The van der Waals surface area contributed by atoms with Crippen LogP contribution in [0.1, 0.15) is 88.4 Å². The Hall–Kier alpha value is -4.69. The fourth-order valence-corrected chi connectivity index (χ4v) is 10.6. The van der Waals surface area contributed by atoms with E-state index in [-0.39, 0.29) is 36.8 Å². The summed E-state index contributed by atoms with van der Waals surface area (Å²) in [5.74, 6) is -3.35. The van der Waals surface area contributed by atoms with Gasteiger partial charge < -0.3 is 34.9 Å². The quantitative estimate of drug-likeness (QED) is 0.307. The van der Waals surface area contributed by atoms with Gasteiger partial charge in [-0.15, -0.1) is 0 Å². The summed E-state index contributed by atoms with van der Waals surface area (Å²) in [7, 11) is -2.69.